The van der Waals surface area contributed by atoms with Crippen molar-refractivity contribution in [2.75, 3.05) is 5.32 Å². The molecule has 2 nitrogen and oxygen atoms in total. The number of aromatic hydroxyl groups is 1. The highest BCUT2D eigenvalue weighted by Gasteiger charge is 2.27. The lowest BCUT2D eigenvalue weighted by molar-refractivity contribution is -0.0999. The van der Waals surface area contributed by atoms with E-state index in [1.54, 1.807) is 0 Å². The number of hydrogen-bond donors (Lipinski definition) is 2. The van der Waals surface area contributed by atoms with Gasteiger partial charge >= 0.3 is 6.30 Å². The molecule has 0 aliphatic heterocycles. The fourth-order valence-corrected chi connectivity index (χ4v) is 1.54. The summed E-state index contributed by atoms with van der Waals surface area (Å²) < 4.78 is 49.7. The van der Waals surface area contributed by atoms with Gasteiger partial charge in [0.05, 0.1) is 0 Å². The summed E-state index contributed by atoms with van der Waals surface area (Å²) in [7, 11) is 0. The van der Waals surface area contributed by atoms with Crippen LogP contribution in [0.2, 0.25) is 0 Å². The van der Waals surface area contributed by atoms with Gasteiger partial charge in [-0.1, -0.05) is 6.07 Å². The molecule has 0 spiro atoms. The summed E-state index contributed by atoms with van der Waals surface area (Å²) in [5.41, 5.74) is -0.381. The van der Waals surface area contributed by atoms with Crippen LogP contribution in [0, 0.1) is 5.82 Å². The SMILES string of the molecule is Oc1ccc2cc(NC(F)(F)F)cc(F)c2c1. The van der Waals surface area contributed by atoms with Crippen LogP contribution in [-0.4, -0.2) is 11.4 Å². The Morgan fingerprint density at radius 1 is 1.06 bits per heavy atom. The van der Waals surface area contributed by atoms with Crippen molar-refractivity contribution in [3.63, 3.8) is 0 Å². The summed E-state index contributed by atoms with van der Waals surface area (Å²) in [5.74, 6) is -0.974. The van der Waals surface area contributed by atoms with E-state index in [0.717, 1.165) is 18.2 Å². The van der Waals surface area contributed by atoms with E-state index in [2.05, 4.69) is 0 Å². The molecule has 0 bridgehead atoms. The minimum atomic E-state index is -4.61. The molecule has 2 N–H and O–H groups in total. The average molecular weight is 245 g/mol. The number of fused-ring (bicyclic) bond motifs is 1. The Bertz CT molecular complexity index is 565. The van der Waals surface area contributed by atoms with Crippen molar-refractivity contribution in [1.82, 2.24) is 0 Å². The molecule has 6 heteroatoms. The summed E-state index contributed by atoms with van der Waals surface area (Å²) in [5, 5.41) is 10.7. The summed E-state index contributed by atoms with van der Waals surface area (Å²) in [6, 6.07) is 5.66. The molecule has 90 valence electrons. The molecule has 0 atom stereocenters. The maximum Gasteiger partial charge on any atom is 0.482 e. The van der Waals surface area contributed by atoms with Crippen LogP contribution in [0.1, 0.15) is 0 Å². The lowest BCUT2D eigenvalue weighted by Gasteiger charge is -2.11. The minimum absolute atomic E-state index is 0.0673. The number of halogens is 4. The van der Waals surface area contributed by atoms with E-state index in [1.165, 1.54) is 17.4 Å². The van der Waals surface area contributed by atoms with Gasteiger partial charge < -0.3 is 5.11 Å². The molecule has 0 radical (unpaired) electrons. The number of phenols is 1. The van der Waals surface area contributed by atoms with Crippen LogP contribution in [0.4, 0.5) is 23.2 Å². The third-order valence-corrected chi connectivity index (χ3v) is 2.17. The molecule has 0 aliphatic rings. The largest absolute Gasteiger partial charge is 0.508 e. The average Bonchev–Trinajstić information content (AvgIpc) is 2.17. The van der Waals surface area contributed by atoms with E-state index in [0.29, 0.717) is 0 Å². The first kappa shape index (κ1) is 11.5. The van der Waals surface area contributed by atoms with Gasteiger partial charge in [0.2, 0.25) is 0 Å². The minimum Gasteiger partial charge on any atom is -0.508 e. The molecule has 2 rings (SSSR count). The van der Waals surface area contributed by atoms with Gasteiger partial charge in [0, 0.05) is 11.1 Å². The van der Waals surface area contributed by atoms with Crippen molar-refractivity contribution in [2.45, 2.75) is 6.30 Å². The van der Waals surface area contributed by atoms with E-state index in [-0.39, 0.29) is 22.2 Å². The Morgan fingerprint density at radius 3 is 2.41 bits per heavy atom. The molecule has 0 aromatic heterocycles. The van der Waals surface area contributed by atoms with Crippen LogP contribution >= 0.6 is 0 Å². The van der Waals surface area contributed by atoms with E-state index in [9.17, 15) is 17.6 Å². The Hall–Kier alpha value is -1.98. The van der Waals surface area contributed by atoms with Gasteiger partial charge in [0.25, 0.3) is 0 Å². The van der Waals surface area contributed by atoms with Crippen molar-refractivity contribution in [2.24, 2.45) is 0 Å². The van der Waals surface area contributed by atoms with Crippen molar-refractivity contribution >= 4 is 16.5 Å². The van der Waals surface area contributed by atoms with Crippen molar-refractivity contribution in [3.05, 3.63) is 36.1 Å². The van der Waals surface area contributed by atoms with Crippen LogP contribution in [0.5, 0.6) is 5.75 Å². The van der Waals surface area contributed by atoms with Crippen molar-refractivity contribution < 1.29 is 22.7 Å². The molecule has 0 unspecified atom stereocenters. The summed E-state index contributed by atoms with van der Waals surface area (Å²) in [6.45, 7) is 0. The van der Waals surface area contributed by atoms with Crippen LogP contribution < -0.4 is 5.32 Å². The monoisotopic (exact) mass is 245 g/mol. The number of nitrogens with one attached hydrogen (secondary N) is 1. The normalized spacial score (nSPS) is 11.8. The first-order valence-electron chi connectivity index (χ1n) is 4.62. The number of phenolic OH excluding ortho intramolecular Hbond substituents is 1. The lowest BCUT2D eigenvalue weighted by atomic mass is 10.1. The van der Waals surface area contributed by atoms with Gasteiger partial charge in [-0.25, -0.2) is 4.39 Å². The third kappa shape index (κ3) is 2.58. The van der Waals surface area contributed by atoms with Gasteiger partial charge in [0.1, 0.15) is 11.6 Å². The van der Waals surface area contributed by atoms with Gasteiger partial charge in [-0.05, 0) is 29.7 Å². The summed E-state index contributed by atoms with van der Waals surface area (Å²) in [4.78, 5) is 0. The van der Waals surface area contributed by atoms with Crippen LogP contribution in [0.15, 0.2) is 30.3 Å². The Balaban J connectivity index is 2.52. The molecule has 2 aromatic rings. The standard InChI is InChI=1S/C11H7F4NO/c12-10-4-7(16-11(13,14)15)3-6-1-2-8(17)5-9(6)10/h1-5,16-17H. The number of benzene rings is 2. The van der Waals surface area contributed by atoms with Crippen LogP contribution in [0.3, 0.4) is 0 Å². The molecule has 17 heavy (non-hydrogen) atoms. The molecule has 0 heterocycles. The maximum absolute atomic E-state index is 13.5. The van der Waals surface area contributed by atoms with E-state index >= 15 is 0 Å². The van der Waals surface area contributed by atoms with Gasteiger partial charge in [-0.3, -0.25) is 5.32 Å². The highest BCUT2D eigenvalue weighted by atomic mass is 19.4. The molecule has 0 saturated carbocycles. The predicted octanol–water partition coefficient (Wildman–Crippen LogP) is 3.62. The number of alkyl halides is 3. The van der Waals surface area contributed by atoms with Gasteiger partial charge in [-0.15, -0.1) is 0 Å². The molecule has 0 amide bonds. The first-order chi connectivity index (χ1) is 7.85. The Labute approximate surface area is 93.5 Å². The topological polar surface area (TPSA) is 32.3 Å². The zero-order chi connectivity index (χ0) is 12.6. The molecule has 0 saturated heterocycles. The second kappa shape index (κ2) is 3.80. The van der Waals surface area contributed by atoms with E-state index < -0.39 is 12.1 Å². The van der Waals surface area contributed by atoms with Crippen LogP contribution in [0.25, 0.3) is 10.8 Å². The van der Waals surface area contributed by atoms with Crippen molar-refractivity contribution in [1.29, 1.82) is 0 Å². The molecule has 0 fully saturated rings. The molecule has 0 aliphatic carbocycles. The number of anilines is 1. The maximum atomic E-state index is 13.5. The fraction of sp³-hybridized carbons (Fsp3) is 0.0909. The zero-order valence-electron chi connectivity index (χ0n) is 8.35. The zero-order valence-corrected chi connectivity index (χ0v) is 8.35. The summed E-state index contributed by atoms with van der Waals surface area (Å²) in [6.07, 6.45) is -4.61. The second-order valence-corrected chi connectivity index (χ2v) is 3.49. The fourth-order valence-electron chi connectivity index (χ4n) is 1.54. The number of rotatable bonds is 1. The van der Waals surface area contributed by atoms with Crippen molar-refractivity contribution in [3.8, 4) is 5.75 Å². The Morgan fingerprint density at radius 2 is 1.76 bits per heavy atom. The lowest BCUT2D eigenvalue weighted by Crippen LogP contribution is -2.20. The molecule has 2 aromatic carbocycles. The van der Waals surface area contributed by atoms with E-state index in [1.807, 2.05) is 0 Å². The Kier molecular flexibility index (Phi) is 2.57. The predicted molar refractivity (Wildman–Crippen MR) is 55.2 cm³/mol. The number of hydrogen-bond acceptors (Lipinski definition) is 2. The highest BCUT2D eigenvalue weighted by molar-refractivity contribution is 5.87. The van der Waals surface area contributed by atoms with Gasteiger partial charge in [0.15, 0.2) is 0 Å². The van der Waals surface area contributed by atoms with E-state index in [4.69, 9.17) is 5.11 Å². The van der Waals surface area contributed by atoms with Crippen LogP contribution in [-0.2, 0) is 0 Å². The van der Waals surface area contributed by atoms with Gasteiger partial charge in [-0.2, -0.15) is 13.2 Å². The molecular formula is C11H7F4NO. The second-order valence-electron chi connectivity index (χ2n) is 3.49. The quantitative estimate of drug-likeness (QED) is 0.594. The first-order valence-corrected chi connectivity index (χ1v) is 4.62. The third-order valence-electron chi connectivity index (χ3n) is 2.17. The summed E-state index contributed by atoms with van der Waals surface area (Å²) >= 11 is 0. The highest BCUT2D eigenvalue weighted by Crippen LogP contribution is 2.28. The smallest absolute Gasteiger partial charge is 0.482 e. The molecular weight excluding hydrogens is 238 g/mol.